The van der Waals surface area contributed by atoms with E-state index < -0.39 is 5.97 Å². The lowest BCUT2D eigenvalue weighted by molar-refractivity contribution is -0.305. The summed E-state index contributed by atoms with van der Waals surface area (Å²) in [5.74, 6) is -0.950. The quantitative estimate of drug-likeness (QED) is 0.313. The molecule has 86 valence electrons. The van der Waals surface area contributed by atoms with Crippen LogP contribution in [0.1, 0.15) is 51.4 Å². The van der Waals surface area contributed by atoms with Gasteiger partial charge in [0.1, 0.15) is 6.29 Å². The molecule has 0 saturated carbocycles. The van der Waals surface area contributed by atoms with Gasteiger partial charge in [0.25, 0.3) is 0 Å². The predicted molar refractivity (Wildman–Crippen MR) is 57.1 cm³/mol. The van der Waals surface area contributed by atoms with Crippen LogP contribution in [0.15, 0.2) is 12.2 Å². The Bertz CT molecular complexity index is 197. The molecule has 0 aromatic carbocycles. The summed E-state index contributed by atoms with van der Waals surface area (Å²) < 4.78 is 0. The molecule has 0 aliphatic rings. The third-order valence-electron chi connectivity index (χ3n) is 2.22. The van der Waals surface area contributed by atoms with Crippen LogP contribution in [0.5, 0.6) is 0 Å². The fraction of sp³-hybridized carbons (Fsp3) is 0.667. The molecule has 3 nitrogen and oxygen atoms in total. The van der Waals surface area contributed by atoms with Crippen molar-refractivity contribution in [1.29, 1.82) is 0 Å². The number of allylic oxidation sites excluding steroid dienone is 2. The van der Waals surface area contributed by atoms with E-state index in [0.29, 0.717) is 0 Å². The second kappa shape index (κ2) is 11.0. The Labute approximate surface area is 91.2 Å². The van der Waals surface area contributed by atoms with E-state index in [1.807, 2.05) is 6.08 Å². The van der Waals surface area contributed by atoms with Crippen LogP contribution in [0.3, 0.4) is 0 Å². The van der Waals surface area contributed by atoms with Gasteiger partial charge >= 0.3 is 0 Å². The maximum absolute atomic E-state index is 10.1. The fourth-order valence-electron chi connectivity index (χ4n) is 1.39. The average Bonchev–Trinajstić information content (AvgIpc) is 2.20. The number of carbonyl (C=O) groups is 2. The molecule has 0 bridgehead atoms. The van der Waals surface area contributed by atoms with Gasteiger partial charge in [-0.3, -0.25) is 4.79 Å². The largest absolute Gasteiger partial charge is 0.550 e. The first-order valence-electron chi connectivity index (χ1n) is 5.57. The number of carbonyl (C=O) groups excluding carboxylic acids is 2. The smallest absolute Gasteiger partial charge is 0.142 e. The molecule has 0 amide bonds. The van der Waals surface area contributed by atoms with Crippen molar-refractivity contribution in [2.24, 2.45) is 0 Å². The minimum Gasteiger partial charge on any atom is -0.550 e. The van der Waals surface area contributed by atoms with Crippen molar-refractivity contribution in [3.8, 4) is 0 Å². The Hall–Kier alpha value is -1.12. The molecule has 0 aliphatic carbocycles. The molecule has 0 rings (SSSR count). The number of hydrogen-bond acceptors (Lipinski definition) is 3. The molecule has 0 aromatic heterocycles. The van der Waals surface area contributed by atoms with Gasteiger partial charge in [0.15, 0.2) is 0 Å². The Balaban J connectivity index is 3.01. The van der Waals surface area contributed by atoms with Crippen molar-refractivity contribution < 1.29 is 14.7 Å². The SMILES string of the molecule is O=C/C=C\CCCCCCCCC(=O)[O-]. The number of hydrogen-bond donors (Lipinski definition) is 0. The molecule has 0 heterocycles. The summed E-state index contributed by atoms with van der Waals surface area (Å²) in [6, 6.07) is 0. The van der Waals surface area contributed by atoms with Crippen LogP contribution in [0, 0.1) is 0 Å². The van der Waals surface area contributed by atoms with E-state index in [4.69, 9.17) is 0 Å². The number of carboxylic acid groups (broad SMARTS) is 1. The first-order valence-corrected chi connectivity index (χ1v) is 5.57. The van der Waals surface area contributed by atoms with Gasteiger partial charge in [-0.25, -0.2) is 0 Å². The Morgan fingerprint density at radius 3 is 2.20 bits per heavy atom. The van der Waals surface area contributed by atoms with Crippen molar-refractivity contribution in [2.75, 3.05) is 0 Å². The molecule has 0 saturated heterocycles. The van der Waals surface area contributed by atoms with Gasteiger partial charge in [-0.05, 0) is 31.8 Å². The van der Waals surface area contributed by atoms with Crippen LogP contribution in [-0.4, -0.2) is 12.3 Å². The Kier molecular flexibility index (Phi) is 10.1. The summed E-state index contributed by atoms with van der Waals surface area (Å²) in [6.45, 7) is 0. The van der Waals surface area contributed by atoms with E-state index in [9.17, 15) is 14.7 Å². The Morgan fingerprint density at radius 1 is 1.00 bits per heavy atom. The molecule has 0 aromatic rings. The molecule has 0 spiro atoms. The lowest BCUT2D eigenvalue weighted by atomic mass is 10.1. The van der Waals surface area contributed by atoms with Crippen LogP contribution in [0.25, 0.3) is 0 Å². The maximum atomic E-state index is 10.1. The fourth-order valence-corrected chi connectivity index (χ4v) is 1.39. The number of aldehydes is 1. The molecule has 0 N–H and O–H groups in total. The van der Waals surface area contributed by atoms with Gasteiger partial charge in [0.2, 0.25) is 0 Å². The van der Waals surface area contributed by atoms with Crippen LogP contribution in [-0.2, 0) is 9.59 Å². The molecule has 0 fully saturated rings. The molecule has 0 aliphatic heterocycles. The molecule has 0 unspecified atom stereocenters. The van der Waals surface area contributed by atoms with E-state index in [1.54, 1.807) is 0 Å². The van der Waals surface area contributed by atoms with E-state index >= 15 is 0 Å². The molecule has 15 heavy (non-hydrogen) atoms. The third-order valence-corrected chi connectivity index (χ3v) is 2.22. The second-order valence-electron chi connectivity index (χ2n) is 3.60. The highest BCUT2D eigenvalue weighted by molar-refractivity contribution is 5.64. The number of aliphatic carboxylic acids is 1. The summed E-state index contributed by atoms with van der Waals surface area (Å²) in [7, 11) is 0. The summed E-state index contributed by atoms with van der Waals surface area (Å²) >= 11 is 0. The number of carboxylic acids is 1. The van der Waals surface area contributed by atoms with Gasteiger partial charge < -0.3 is 9.90 Å². The predicted octanol–water partition coefficient (Wildman–Crippen LogP) is 1.61. The lowest BCUT2D eigenvalue weighted by Gasteiger charge is -2.01. The van der Waals surface area contributed by atoms with Crippen molar-refractivity contribution in [3.63, 3.8) is 0 Å². The maximum Gasteiger partial charge on any atom is 0.142 e. The summed E-state index contributed by atoms with van der Waals surface area (Å²) in [4.78, 5) is 20.0. The first kappa shape index (κ1) is 13.9. The highest BCUT2D eigenvalue weighted by Crippen LogP contribution is 2.08. The van der Waals surface area contributed by atoms with Gasteiger partial charge in [-0.1, -0.05) is 31.8 Å². The zero-order chi connectivity index (χ0) is 11.4. The number of unbranched alkanes of at least 4 members (excludes halogenated alkanes) is 6. The van der Waals surface area contributed by atoms with Crippen LogP contribution < -0.4 is 5.11 Å². The Morgan fingerprint density at radius 2 is 1.60 bits per heavy atom. The standard InChI is InChI=1S/C12H20O3/c13-11-9-7-5-3-1-2-4-6-8-10-12(14)15/h7,9,11H,1-6,8,10H2,(H,14,15)/p-1/b9-7-. The summed E-state index contributed by atoms with van der Waals surface area (Å²) in [6.07, 6.45) is 11.5. The van der Waals surface area contributed by atoms with Crippen LogP contribution >= 0.6 is 0 Å². The minimum atomic E-state index is -0.950. The van der Waals surface area contributed by atoms with Crippen molar-refractivity contribution in [3.05, 3.63) is 12.2 Å². The van der Waals surface area contributed by atoms with Gasteiger partial charge in [-0.2, -0.15) is 0 Å². The van der Waals surface area contributed by atoms with Gasteiger partial charge in [0.05, 0.1) is 0 Å². The highest BCUT2D eigenvalue weighted by Gasteiger charge is 1.91. The lowest BCUT2D eigenvalue weighted by Crippen LogP contribution is -2.21. The topological polar surface area (TPSA) is 57.2 Å². The molecule has 0 radical (unpaired) electrons. The minimum absolute atomic E-state index is 0.183. The van der Waals surface area contributed by atoms with Crippen LogP contribution in [0.2, 0.25) is 0 Å². The zero-order valence-corrected chi connectivity index (χ0v) is 9.11. The van der Waals surface area contributed by atoms with E-state index in [1.165, 1.54) is 6.08 Å². The second-order valence-corrected chi connectivity index (χ2v) is 3.60. The highest BCUT2D eigenvalue weighted by atomic mass is 16.4. The average molecular weight is 211 g/mol. The van der Waals surface area contributed by atoms with Gasteiger partial charge in [0, 0.05) is 5.97 Å². The summed E-state index contributed by atoms with van der Waals surface area (Å²) in [5.41, 5.74) is 0. The normalized spacial score (nSPS) is 10.7. The zero-order valence-electron chi connectivity index (χ0n) is 9.11. The van der Waals surface area contributed by atoms with Crippen molar-refractivity contribution >= 4 is 12.3 Å². The third kappa shape index (κ3) is 12.9. The number of rotatable bonds is 10. The van der Waals surface area contributed by atoms with E-state index in [-0.39, 0.29) is 6.42 Å². The van der Waals surface area contributed by atoms with E-state index in [0.717, 1.165) is 51.2 Å². The molecule has 0 atom stereocenters. The van der Waals surface area contributed by atoms with Crippen molar-refractivity contribution in [2.45, 2.75) is 51.4 Å². The first-order chi connectivity index (χ1) is 7.27. The van der Waals surface area contributed by atoms with E-state index in [2.05, 4.69) is 0 Å². The van der Waals surface area contributed by atoms with Gasteiger partial charge in [-0.15, -0.1) is 0 Å². The van der Waals surface area contributed by atoms with Crippen LogP contribution in [0.4, 0.5) is 0 Å². The monoisotopic (exact) mass is 211 g/mol. The summed E-state index contributed by atoms with van der Waals surface area (Å²) in [5, 5.41) is 10.1. The van der Waals surface area contributed by atoms with Crippen molar-refractivity contribution in [1.82, 2.24) is 0 Å². The molecule has 3 heteroatoms. The molecular weight excluding hydrogens is 192 g/mol. The molecular formula is C12H19O3-.